The zero-order valence-corrected chi connectivity index (χ0v) is 18.5. The average Bonchev–Trinajstić information content (AvgIpc) is 2.76. The third-order valence-electron chi connectivity index (χ3n) is 4.24. The number of rotatable bonds is 9. The number of hydrogen-bond acceptors (Lipinski definition) is 5. The fourth-order valence-corrected chi connectivity index (χ4v) is 3.57. The van der Waals surface area contributed by atoms with E-state index in [1.165, 1.54) is 0 Å². The van der Waals surface area contributed by atoms with Crippen molar-refractivity contribution in [2.75, 3.05) is 14.2 Å². The van der Waals surface area contributed by atoms with E-state index in [4.69, 9.17) is 14.2 Å². The Bertz CT molecular complexity index is 962. The van der Waals surface area contributed by atoms with Crippen LogP contribution in [0.4, 0.5) is 0 Å². The summed E-state index contributed by atoms with van der Waals surface area (Å²) in [6.07, 6.45) is 1.76. The Kier molecular flexibility index (Phi) is 7.75. The maximum absolute atomic E-state index is 6.00. The molecule has 0 aliphatic rings. The zero-order chi connectivity index (χ0) is 20.5. The monoisotopic (exact) mass is 502 g/mol. The lowest BCUT2D eigenvalue weighted by Gasteiger charge is -2.13. The third kappa shape index (κ3) is 5.87. The molecule has 0 saturated carbocycles. The van der Waals surface area contributed by atoms with Gasteiger partial charge in [0.25, 0.3) is 0 Å². The number of hydrogen-bond donors (Lipinski definition) is 1. The van der Waals surface area contributed by atoms with Gasteiger partial charge < -0.3 is 19.6 Å². The predicted octanol–water partition coefficient (Wildman–Crippen LogP) is 5.01. The van der Waals surface area contributed by atoms with Crippen LogP contribution in [0.15, 0.2) is 71.8 Å². The Hall–Kier alpha value is -2.74. The fourth-order valence-electron chi connectivity index (χ4n) is 2.78. The first kappa shape index (κ1) is 21.0. The highest BCUT2D eigenvalue weighted by Crippen LogP contribution is 2.34. The largest absolute Gasteiger partial charge is 0.496 e. The molecule has 6 heteroatoms. The number of benzene rings is 3. The fraction of sp³-hybridized carbons (Fsp3) is 0.174. The van der Waals surface area contributed by atoms with Crippen molar-refractivity contribution in [1.82, 2.24) is 5.43 Å². The number of halogens is 1. The molecule has 0 saturated heterocycles. The van der Waals surface area contributed by atoms with Gasteiger partial charge in [0.05, 0.1) is 30.5 Å². The van der Waals surface area contributed by atoms with E-state index in [1.54, 1.807) is 20.4 Å². The average molecular weight is 502 g/mol. The molecule has 150 valence electrons. The van der Waals surface area contributed by atoms with Crippen LogP contribution in [0.1, 0.15) is 16.7 Å². The minimum Gasteiger partial charge on any atom is -0.496 e. The summed E-state index contributed by atoms with van der Waals surface area (Å²) in [5.41, 5.74) is 6.13. The van der Waals surface area contributed by atoms with Gasteiger partial charge in [-0.1, -0.05) is 48.5 Å². The van der Waals surface area contributed by atoms with Crippen molar-refractivity contribution in [2.24, 2.45) is 5.10 Å². The summed E-state index contributed by atoms with van der Waals surface area (Å²) in [6.45, 7) is 1.06. The van der Waals surface area contributed by atoms with Gasteiger partial charge in [-0.25, -0.2) is 0 Å². The van der Waals surface area contributed by atoms with Gasteiger partial charge in [0.15, 0.2) is 11.5 Å². The topological polar surface area (TPSA) is 52.1 Å². The van der Waals surface area contributed by atoms with Crippen LogP contribution in [0, 0.1) is 3.57 Å². The summed E-state index contributed by atoms with van der Waals surface area (Å²) in [5.74, 6) is 2.25. The van der Waals surface area contributed by atoms with Gasteiger partial charge in [0.2, 0.25) is 0 Å². The molecule has 29 heavy (non-hydrogen) atoms. The molecule has 0 heterocycles. The van der Waals surface area contributed by atoms with Crippen LogP contribution in [0.3, 0.4) is 0 Å². The molecule has 0 fully saturated rings. The Morgan fingerprint density at radius 3 is 2.41 bits per heavy atom. The van der Waals surface area contributed by atoms with Crippen molar-refractivity contribution < 1.29 is 14.2 Å². The first-order valence-corrected chi connectivity index (χ1v) is 10.2. The number of nitrogens with zero attached hydrogens (tertiary/aromatic N) is 1. The molecule has 3 rings (SSSR count). The molecule has 0 amide bonds. The van der Waals surface area contributed by atoms with Crippen molar-refractivity contribution >= 4 is 28.8 Å². The lowest BCUT2D eigenvalue weighted by Crippen LogP contribution is -2.07. The second kappa shape index (κ2) is 10.7. The van der Waals surface area contributed by atoms with E-state index in [0.29, 0.717) is 18.9 Å². The van der Waals surface area contributed by atoms with Gasteiger partial charge in [-0.2, -0.15) is 5.10 Å². The quantitative estimate of drug-likeness (QED) is 0.254. The summed E-state index contributed by atoms with van der Waals surface area (Å²) in [5, 5.41) is 4.32. The van der Waals surface area contributed by atoms with Crippen molar-refractivity contribution in [1.29, 1.82) is 0 Å². The minimum atomic E-state index is 0.487. The number of hydrazone groups is 1. The van der Waals surface area contributed by atoms with E-state index < -0.39 is 0 Å². The molecule has 0 aromatic heterocycles. The Labute approximate surface area is 184 Å². The van der Waals surface area contributed by atoms with E-state index in [1.807, 2.05) is 66.7 Å². The number of ether oxygens (including phenoxy) is 3. The van der Waals surface area contributed by atoms with E-state index in [9.17, 15) is 0 Å². The molecule has 0 atom stereocenters. The molecule has 0 aliphatic carbocycles. The molecule has 0 spiro atoms. The second-order valence-corrected chi connectivity index (χ2v) is 7.38. The van der Waals surface area contributed by atoms with Gasteiger partial charge in [-0.3, -0.25) is 0 Å². The van der Waals surface area contributed by atoms with Crippen molar-refractivity contribution in [3.8, 4) is 17.2 Å². The molecule has 1 N–H and O–H groups in total. The van der Waals surface area contributed by atoms with Gasteiger partial charge in [0, 0.05) is 5.56 Å². The van der Waals surface area contributed by atoms with Crippen molar-refractivity contribution in [3.63, 3.8) is 0 Å². The first-order chi connectivity index (χ1) is 14.2. The molecule has 0 bridgehead atoms. The smallest absolute Gasteiger partial charge is 0.174 e. The highest BCUT2D eigenvalue weighted by Gasteiger charge is 2.11. The number of nitrogens with one attached hydrogen (secondary N) is 1. The Morgan fingerprint density at radius 1 is 0.931 bits per heavy atom. The summed E-state index contributed by atoms with van der Waals surface area (Å²) in [6, 6.07) is 21.8. The van der Waals surface area contributed by atoms with Gasteiger partial charge in [-0.05, 0) is 51.9 Å². The van der Waals surface area contributed by atoms with E-state index in [2.05, 4.69) is 33.1 Å². The SMILES string of the molecule is COc1ccccc1CN/N=C/c1cc(I)c(OCc2ccccc2)c(OC)c1. The van der Waals surface area contributed by atoms with Crippen LogP contribution < -0.4 is 19.6 Å². The third-order valence-corrected chi connectivity index (χ3v) is 5.05. The summed E-state index contributed by atoms with van der Waals surface area (Å²) < 4.78 is 17.8. The standard InChI is InChI=1S/C23H23IN2O3/c1-27-21-11-7-6-10-19(21)15-26-25-14-18-12-20(24)23(22(13-18)28-2)29-16-17-8-4-3-5-9-17/h3-14,26H,15-16H2,1-2H3/b25-14+. The second-order valence-electron chi connectivity index (χ2n) is 6.21. The normalized spacial score (nSPS) is 10.7. The van der Waals surface area contributed by atoms with Crippen LogP contribution in [0.25, 0.3) is 0 Å². The first-order valence-electron chi connectivity index (χ1n) is 9.13. The number of methoxy groups -OCH3 is 2. The zero-order valence-electron chi connectivity index (χ0n) is 16.4. The maximum Gasteiger partial charge on any atom is 0.174 e. The number of para-hydroxylation sites is 1. The molecular weight excluding hydrogens is 479 g/mol. The minimum absolute atomic E-state index is 0.487. The van der Waals surface area contributed by atoms with Crippen molar-refractivity contribution in [2.45, 2.75) is 13.2 Å². The molecule has 0 radical (unpaired) electrons. The highest BCUT2D eigenvalue weighted by molar-refractivity contribution is 14.1. The highest BCUT2D eigenvalue weighted by atomic mass is 127. The van der Waals surface area contributed by atoms with Gasteiger partial charge >= 0.3 is 0 Å². The maximum atomic E-state index is 6.00. The lowest BCUT2D eigenvalue weighted by molar-refractivity contribution is 0.282. The van der Waals surface area contributed by atoms with Crippen LogP contribution >= 0.6 is 22.6 Å². The summed E-state index contributed by atoms with van der Waals surface area (Å²) in [4.78, 5) is 0. The Morgan fingerprint density at radius 2 is 1.66 bits per heavy atom. The van der Waals surface area contributed by atoms with Gasteiger partial charge in [0.1, 0.15) is 12.4 Å². The predicted molar refractivity (Wildman–Crippen MR) is 124 cm³/mol. The molecular formula is C23H23IN2O3. The molecule has 3 aromatic carbocycles. The van der Waals surface area contributed by atoms with Crippen LogP contribution in [-0.4, -0.2) is 20.4 Å². The Balaban J connectivity index is 1.65. The summed E-state index contributed by atoms with van der Waals surface area (Å²) >= 11 is 2.25. The molecule has 0 unspecified atom stereocenters. The summed E-state index contributed by atoms with van der Waals surface area (Å²) in [7, 11) is 3.30. The van der Waals surface area contributed by atoms with Crippen LogP contribution in [0.2, 0.25) is 0 Å². The van der Waals surface area contributed by atoms with Crippen LogP contribution in [0.5, 0.6) is 17.2 Å². The van der Waals surface area contributed by atoms with Crippen molar-refractivity contribution in [3.05, 3.63) is 87.0 Å². The van der Waals surface area contributed by atoms with E-state index in [0.717, 1.165) is 31.8 Å². The van der Waals surface area contributed by atoms with E-state index >= 15 is 0 Å². The van der Waals surface area contributed by atoms with E-state index in [-0.39, 0.29) is 0 Å². The van der Waals surface area contributed by atoms with Gasteiger partial charge in [-0.15, -0.1) is 0 Å². The molecule has 3 aromatic rings. The van der Waals surface area contributed by atoms with Crippen LogP contribution in [-0.2, 0) is 13.2 Å². The molecule has 0 aliphatic heterocycles. The lowest BCUT2D eigenvalue weighted by atomic mass is 10.2. The molecule has 5 nitrogen and oxygen atoms in total.